The van der Waals surface area contributed by atoms with Crippen LogP contribution in [0, 0.1) is 5.82 Å². The van der Waals surface area contributed by atoms with Crippen molar-refractivity contribution in [3.05, 3.63) is 60.2 Å². The third kappa shape index (κ3) is 5.08. The molecule has 2 fully saturated rings. The zero-order valence-electron chi connectivity index (χ0n) is 21.1. The summed E-state index contributed by atoms with van der Waals surface area (Å²) in [4.78, 5) is 19.7. The molecule has 1 atom stereocenters. The lowest BCUT2D eigenvalue weighted by atomic mass is 10.0. The van der Waals surface area contributed by atoms with Crippen molar-refractivity contribution < 1.29 is 13.9 Å². The molecule has 1 aromatic heterocycles. The van der Waals surface area contributed by atoms with Crippen LogP contribution in [0.3, 0.4) is 0 Å². The van der Waals surface area contributed by atoms with E-state index < -0.39 is 0 Å². The smallest absolute Gasteiger partial charge is 0.258 e. The molecule has 0 spiro atoms. The van der Waals surface area contributed by atoms with Crippen molar-refractivity contribution in [3.63, 3.8) is 0 Å². The van der Waals surface area contributed by atoms with Gasteiger partial charge in [-0.2, -0.15) is 5.10 Å². The number of rotatable bonds is 5. The first-order valence-electron chi connectivity index (χ1n) is 12.4. The van der Waals surface area contributed by atoms with Crippen molar-refractivity contribution in [1.29, 1.82) is 0 Å². The van der Waals surface area contributed by atoms with E-state index in [0.29, 0.717) is 41.8 Å². The van der Waals surface area contributed by atoms with Crippen molar-refractivity contribution in [1.82, 2.24) is 14.7 Å². The number of benzene rings is 2. The Morgan fingerprint density at radius 2 is 1.81 bits per heavy atom. The number of morpholine rings is 1. The van der Waals surface area contributed by atoms with E-state index in [1.54, 1.807) is 30.1 Å². The van der Waals surface area contributed by atoms with Crippen molar-refractivity contribution in [3.8, 4) is 11.1 Å². The molecule has 2 saturated heterocycles. The van der Waals surface area contributed by atoms with Gasteiger partial charge < -0.3 is 24.8 Å². The second kappa shape index (κ2) is 10.3. The maximum absolute atomic E-state index is 15.6. The number of aromatic nitrogens is 2. The number of halogens is 1. The average molecular weight is 493 g/mol. The van der Waals surface area contributed by atoms with Gasteiger partial charge in [0.2, 0.25) is 0 Å². The standard InChI is InChI=1S/C27H33FN6O2/c1-19-17-34(9-8-31(19)2)26-15-24(28)23(14-25(26)30-27(35)21-16-29-32(3)18-21)20-4-6-22(7-5-20)33-10-12-36-13-11-33/h4-7,14-16,18-19H,8-13,17H2,1-3H3,(H,30,35)/t19-/m0/s1. The summed E-state index contributed by atoms with van der Waals surface area (Å²) in [5, 5.41) is 7.13. The molecule has 2 aromatic carbocycles. The predicted octanol–water partition coefficient (Wildman–Crippen LogP) is 3.46. The molecule has 1 amide bonds. The Balaban J connectivity index is 1.48. The van der Waals surface area contributed by atoms with Gasteiger partial charge in [-0.15, -0.1) is 0 Å². The van der Waals surface area contributed by atoms with Crippen LogP contribution < -0.4 is 15.1 Å². The van der Waals surface area contributed by atoms with E-state index in [4.69, 9.17) is 4.74 Å². The first-order valence-corrected chi connectivity index (χ1v) is 12.4. The van der Waals surface area contributed by atoms with Gasteiger partial charge in [0.1, 0.15) is 5.82 Å². The number of ether oxygens (including phenoxy) is 1. The van der Waals surface area contributed by atoms with E-state index in [9.17, 15) is 4.79 Å². The quantitative estimate of drug-likeness (QED) is 0.589. The van der Waals surface area contributed by atoms with Gasteiger partial charge in [0, 0.05) is 63.3 Å². The Morgan fingerprint density at radius 3 is 2.47 bits per heavy atom. The van der Waals surface area contributed by atoms with Gasteiger partial charge in [0.05, 0.1) is 36.3 Å². The maximum Gasteiger partial charge on any atom is 0.258 e. The number of hydrogen-bond donors (Lipinski definition) is 1. The number of aryl methyl sites for hydroxylation is 1. The van der Waals surface area contributed by atoms with E-state index in [-0.39, 0.29) is 11.7 Å². The third-order valence-electron chi connectivity index (χ3n) is 7.16. The zero-order valence-corrected chi connectivity index (χ0v) is 21.1. The Morgan fingerprint density at radius 1 is 1.06 bits per heavy atom. The fourth-order valence-electron chi connectivity index (χ4n) is 4.82. The van der Waals surface area contributed by atoms with E-state index in [1.165, 1.54) is 6.20 Å². The maximum atomic E-state index is 15.6. The van der Waals surface area contributed by atoms with Crippen molar-refractivity contribution in [2.24, 2.45) is 7.05 Å². The van der Waals surface area contributed by atoms with Gasteiger partial charge in [-0.3, -0.25) is 9.48 Å². The summed E-state index contributed by atoms with van der Waals surface area (Å²) >= 11 is 0. The molecule has 0 bridgehead atoms. The van der Waals surface area contributed by atoms with Crippen molar-refractivity contribution >= 4 is 23.0 Å². The van der Waals surface area contributed by atoms with Gasteiger partial charge in [0.15, 0.2) is 0 Å². The topological polar surface area (TPSA) is 65.9 Å². The van der Waals surface area contributed by atoms with Crippen LogP contribution in [0.15, 0.2) is 48.8 Å². The summed E-state index contributed by atoms with van der Waals surface area (Å²) in [6, 6.07) is 11.5. The van der Waals surface area contributed by atoms with E-state index >= 15 is 4.39 Å². The predicted molar refractivity (Wildman–Crippen MR) is 140 cm³/mol. The minimum absolute atomic E-state index is 0.272. The first kappa shape index (κ1) is 24.3. The summed E-state index contributed by atoms with van der Waals surface area (Å²) in [5.41, 5.74) is 4.05. The molecular formula is C27H33FN6O2. The summed E-state index contributed by atoms with van der Waals surface area (Å²) in [5.74, 6) is -0.582. The molecule has 3 heterocycles. The highest BCUT2D eigenvalue weighted by atomic mass is 19.1. The number of carbonyl (C=O) groups excluding carboxylic acids is 1. The highest BCUT2D eigenvalue weighted by molar-refractivity contribution is 6.06. The van der Waals surface area contributed by atoms with Gasteiger partial charge in [-0.25, -0.2) is 4.39 Å². The normalized spacial score (nSPS) is 18.9. The first-order chi connectivity index (χ1) is 17.4. The highest BCUT2D eigenvalue weighted by Gasteiger charge is 2.25. The molecule has 9 heteroatoms. The molecule has 0 unspecified atom stereocenters. The molecule has 36 heavy (non-hydrogen) atoms. The molecule has 5 rings (SSSR count). The molecule has 190 valence electrons. The largest absolute Gasteiger partial charge is 0.378 e. The molecule has 2 aliphatic rings. The molecule has 0 radical (unpaired) electrons. The molecule has 8 nitrogen and oxygen atoms in total. The highest BCUT2D eigenvalue weighted by Crippen LogP contribution is 2.36. The lowest BCUT2D eigenvalue weighted by molar-refractivity contribution is 0.102. The van der Waals surface area contributed by atoms with Gasteiger partial charge in [0.25, 0.3) is 5.91 Å². The Bertz CT molecular complexity index is 1220. The lowest BCUT2D eigenvalue weighted by Gasteiger charge is -2.39. The number of anilines is 3. The molecule has 3 aromatic rings. The van der Waals surface area contributed by atoms with Crippen LogP contribution in [0.1, 0.15) is 17.3 Å². The number of piperazine rings is 1. The summed E-state index contributed by atoms with van der Waals surface area (Å²) in [6.45, 7) is 7.63. The summed E-state index contributed by atoms with van der Waals surface area (Å²) in [6.07, 6.45) is 3.20. The van der Waals surface area contributed by atoms with Gasteiger partial charge >= 0.3 is 0 Å². The second-order valence-electron chi connectivity index (χ2n) is 9.63. The summed E-state index contributed by atoms with van der Waals surface area (Å²) in [7, 11) is 3.86. The fraction of sp³-hybridized carbons (Fsp3) is 0.407. The van der Waals surface area contributed by atoms with Crippen LogP contribution >= 0.6 is 0 Å². The van der Waals surface area contributed by atoms with E-state index in [2.05, 4.69) is 39.1 Å². The number of likely N-dealkylation sites (N-methyl/N-ethyl adjacent to an activating group) is 1. The van der Waals surface area contributed by atoms with Crippen LogP contribution in [0.5, 0.6) is 0 Å². The Kier molecular flexibility index (Phi) is 6.93. The average Bonchev–Trinajstić information content (AvgIpc) is 3.33. The number of amides is 1. The number of nitrogens with one attached hydrogen (secondary N) is 1. The minimum Gasteiger partial charge on any atom is -0.378 e. The Labute approximate surface area is 211 Å². The fourth-order valence-corrected chi connectivity index (χ4v) is 4.82. The van der Waals surface area contributed by atoms with Crippen LogP contribution in [-0.4, -0.2) is 79.6 Å². The minimum atomic E-state index is -0.310. The van der Waals surface area contributed by atoms with Crippen LogP contribution in [0.25, 0.3) is 11.1 Å². The van der Waals surface area contributed by atoms with Crippen molar-refractivity contribution in [2.75, 3.05) is 68.1 Å². The second-order valence-corrected chi connectivity index (χ2v) is 9.63. The van der Waals surface area contributed by atoms with Gasteiger partial charge in [-0.05, 0) is 43.8 Å². The van der Waals surface area contributed by atoms with Crippen LogP contribution in [-0.2, 0) is 11.8 Å². The molecule has 2 aliphatic heterocycles. The third-order valence-corrected chi connectivity index (χ3v) is 7.16. The van der Waals surface area contributed by atoms with E-state index in [0.717, 1.165) is 44.0 Å². The number of hydrogen-bond acceptors (Lipinski definition) is 6. The zero-order chi connectivity index (χ0) is 25.2. The number of nitrogens with zero attached hydrogens (tertiary/aromatic N) is 5. The molecule has 0 saturated carbocycles. The Hall–Kier alpha value is -3.43. The summed E-state index contributed by atoms with van der Waals surface area (Å²) < 4.78 is 22.6. The molecule has 1 N–H and O–H groups in total. The van der Waals surface area contributed by atoms with Crippen molar-refractivity contribution in [2.45, 2.75) is 13.0 Å². The van der Waals surface area contributed by atoms with Gasteiger partial charge in [-0.1, -0.05) is 12.1 Å². The van der Waals surface area contributed by atoms with Crippen LogP contribution in [0.4, 0.5) is 21.5 Å². The van der Waals surface area contributed by atoms with Crippen LogP contribution in [0.2, 0.25) is 0 Å². The molecular weight excluding hydrogens is 459 g/mol. The lowest BCUT2D eigenvalue weighted by Crippen LogP contribution is -2.50. The molecule has 0 aliphatic carbocycles. The van der Waals surface area contributed by atoms with E-state index in [1.807, 2.05) is 24.3 Å². The number of carbonyl (C=O) groups is 1. The monoisotopic (exact) mass is 492 g/mol. The SMILES string of the molecule is C[C@H]1CN(c2cc(F)c(-c3ccc(N4CCOCC4)cc3)cc2NC(=O)c2cnn(C)c2)CCN1C.